The summed E-state index contributed by atoms with van der Waals surface area (Å²) in [6.45, 7) is 4.63. The SMILES string of the molecule is Cc1ncoc1C(=O)N1CC2(C[C@@H](OCC3CC3)CCO2)C1. The standard InChI is InChI=1S/C16H22N2O4/c1-11-14(21-10-17-11)15(19)18-8-16(9-18)6-13(4-5-22-16)20-7-12-2-3-12/h10,12-13H,2-9H2,1H3/t13-/m0/s1. The lowest BCUT2D eigenvalue weighted by molar-refractivity contribution is -0.187. The number of oxazole rings is 1. The van der Waals surface area contributed by atoms with Crippen LogP contribution >= 0.6 is 0 Å². The molecule has 1 aliphatic carbocycles. The van der Waals surface area contributed by atoms with Gasteiger partial charge >= 0.3 is 0 Å². The maximum Gasteiger partial charge on any atom is 0.291 e. The van der Waals surface area contributed by atoms with E-state index in [-0.39, 0.29) is 17.6 Å². The molecule has 0 unspecified atom stereocenters. The van der Waals surface area contributed by atoms with E-state index in [1.54, 1.807) is 11.8 Å². The summed E-state index contributed by atoms with van der Waals surface area (Å²) in [7, 11) is 0. The van der Waals surface area contributed by atoms with E-state index < -0.39 is 0 Å². The zero-order chi connectivity index (χ0) is 15.2. The molecule has 4 rings (SSSR count). The van der Waals surface area contributed by atoms with E-state index >= 15 is 0 Å². The van der Waals surface area contributed by atoms with Crippen LogP contribution in [0.4, 0.5) is 0 Å². The Morgan fingerprint density at radius 1 is 1.45 bits per heavy atom. The van der Waals surface area contributed by atoms with E-state index in [0.29, 0.717) is 24.5 Å². The Bertz CT molecular complexity index is 560. The van der Waals surface area contributed by atoms with Gasteiger partial charge in [0.05, 0.1) is 24.9 Å². The van der Waals surface area contributed by atoms with E-state index in [9.17, 15) is 4.79 Å². The second-order valence-corrected chi connectivity index (χ2v) is 6.85. The Morgan fingerprint density at radius 2 is 2.27 bits per heavy atom. The van der Waals surface area contributed by atoms with E-state index in [2.05, 4.69) is 4.98 Å². The smallest absolute Gasteiger partial charge is 0.291 e. The van der Waals surface area contributed by atoms with Crippen molar-refractivity contribution in [3.05, 3.63) is 17.8 Å². The number of aromatic nitrogens is 1. The third kappa shape index (κ3) is 2.65. The normalized spacial score (nSPS) is 27.0. The Hall–Kier alpha value is -1.40. The molecule has 1 saturated carbocycles. The number of likely N-dealkylation sites (tertiary alicyclic amines) is 1. The van der Waals surface area contributed by atoms with Gasteiger partial charge in [0.25, 0.3) is 5.91 Å². The summed E-state index contributed by atoms with van der Waals surface area (Å²) in [6, 6.07) is 0. The van der Waals surface area contributed by atoms with Crippen LogP contribution in [0.25, 0.3) is 0 Å². The van der Waals surface area contributed by atoms with Gasteiger partial charge in [-0.3, -0.25) is 4.79 Å². The minimum absolute atomic E-state index is 0.0924. The van der Waals surface area contributed by atoms with Crippen molar-refractivity contribution in [3.63, 3.8) is 0 Å². The van der Waals surface area contributed by atoms with Gasteiger partial charge in [-0.15, -0.1) is 0 Å². The highest BCUT2D eigenvalue weighted by Crippen LogP contribution is 2.37. The van der Waals surface area contributed by atoms with Crippen LogP contribution in [0.2, 0.25) is 0 Å². The third-order valence-electron chi connectivity index (χ3n) is 4.90. The number of ether oxygens (including phenoxy) is 2. The van der Waals surface area contributed by atoms with Crippen molar-refractivity contribution in [2.45, 2.75) is 44.3 Å². The van der Waals surface area contributed by atoms with Crippen LogP contribution in [-0.2, 0) is 9.47 Å². The average Bonchev–Trinajstić information content (AvgIpc) is 3.22. The van der Waals surface area contributed by atoms with Crippen molar-refractivity contribution >= 4 is 5.91 Å². The number of aryl methyl sites for hydroxylation is 1. The summed E-state index contributed by atoms with van der Waals surface area (Å²) < 4.78 is 17.2. The van der Waals surface area contributed by atoms with Crippen molar-refractivity contribution in [2.75, 3.05) is 26.3 Å². The highest BCUT2D eigenvalue weighted by Gasteiger charge is 2.50. The van der Waals surface area contributed by atoms with E-state index in [1.165, 1.54) is 19.2 Å². The molecule has 22 heavy (non-hydrogen) atoms. The topological polar surface area (TPSA) is 64.8 Å². The number of rotatable bonds is 4. The predicted molar refractivity (Wildman–Crippen MR) is 77.5 cm³/mol. The second kappa shape index (κ2) is 5.35. The average molecular weight is 306 g/mol. The highest BCUT2D eigenvalue weighted by molar-refractivity contribution is 5.93. The van der Waals surface area contributed by atoms with Gasteiger partial charge in [0.2, 0.25) is 5.76 Å². The van der Waals surface area contributed by atoms with E-state index in [0.717, 1.165) is 32.0 Å². The quantitative estimate of drug-likeness (QED) is 0.848. The number of carbonyl (C=O) groups excluding carboxylic acids is 1. The first-order chi connectivity index (χ1) is 10.7. The molecule has 0 radical (unpaired) electrons. The molecule has 1 atom stereocenters. The number of amides is 1. The molecule has 1 aromatic rings. The third-order valence-corrected chi connectivity index (χ3v) is 4.90. The van der Waals surface area contributed by atoms with Crippen LogP contribution in [0.3, 0.4) is 0 Å². The van der Waals surface area contributed by atoms with Gasteiger partial charge in [-0.05, 0) is 32.1 Å². The molecule has 1 spiro atoms. The summed E-state index contributed by atoms with van der Waals surface area (Å²) in [5.41, 5.74) is 0.428. The van der Waals surface area contributed by atoms with Gasteiger partial charge < -0.3 is 18.8 Å². The Kier molecular flexibility index (Phi) is 3.46. The van der Waals surface area contributed by atoms with Crippen molar-refractivity contribution in [3.8, 4) is 0 Å². The van der Waals surface area contributed by atoms with Gasteiger partial charge in [0.15, 0.2) is 6.39 Å². The second-order valence-electron chi connectivity index (χ2n) is 6.85. The van der Waals surface area contributed by atoms with Crippen LogP contribution in [0, 0.1) is 12.8 Å². The molecule has 3 heterocycles. The zero-order valence-corrected chi connectivity index (χ0v) is 12.9. The van der Waals surface area contributed by atoms with Gasteiger partial charge in [0.1, 0.15) is 5.60 Å². The Balaban J connectivity index is 1.32. The monoisotopic (exact) mass is 306 g/mol. The lowest BCUT2D eigenvalue weighted by Gasteiger charge is -2.52. The molecule has 6 heteroatoms. The first-order valence-electron chi connectivity index (χ1n) is 8.10. The molecule has 3 aliphatic rings. The molecule has 120 valence electrons. The molecule has 3 fully saturated rings. The van der Waals surface area contributed by atoms with Gasteiger partial charge in [-0.1, -0.05) is 0 Å². The summed E-state index contributed by atoms with van der Waals surface area (Å²) in [5, 5.41) is 0. The largest absolute Gasteiger partial charge is 0.438 e. The van der Waals surface area contributed by atoms with Gasteiger partial charge in [0, 0.05) is 19.6 Å². The van der Waals surface area contributed by atoms with Crippen molar-refractivity contribution in [2.24, 2.45) is 5.92 Å². The highest BCUT2D eigenvalue weighted by atomic mass is 16.5. The number of carbonyl (C=O) groups is 1. The fraction of sp³-hybridized carbons (Fsp3) is 0.750. The van der Waals surface area contributed by atoms with Gasteiger partial charge in [-0.25, -0.2) is 4.98 Å². The molecule has 0 aromatic carbocycles. The van der Waals surface area contributed by atoms with Crippen LogP contribution < -0.4 is 0 Å². The Labute approximate surface area is 129 Å². The minimum atomic E-state index is -0.212. The number of nitrogens with zero attached hydrogens (tertiary/aromatic N) is 2. The zero-order valence-electron chi connectivity index (χ0n) is 12.9. The molecular formula is C16H22N2O4. The van der Waals surface area contributed by atoms with E-state index in [1.807, 2.05) is 0 Å². The summed E-state index contributed by atoms with van der Waals surface area (Å²) in [5.74, 6) is 1.03. The molecule has 1 aromatic heterocycles. The molecular weight excluding hydrogens is 284 g/mol. The molecule has 0 N–H and O–H groups in total. The molecule has 2 saturated heterocycles. The predicted octanol–water partition coefficient (Wildman–Crippen LogP) is 1.78. The summed E-state index contributed by atoms with van der Waals surface area (Å²) in [6.07, 6.45) is 6.07. The number of hydrogen-bond donors (Lipinski definition) is 0. The maximum atomic E-state index is 12.3. The summed E-state index contributed by atoms with van der Waals surface area (Å²) >= 11 is 0. The van der Waals surface area contributed by atoms with Gasteiger partial charge in [-0.2, -0.15) is 0 Å². The molecule has 1 amide bonds. The van der Waals surface area contributed by atoms with Crippen LogP contribution in [0.1, 0.15) is 41.9 Å². The fourth-order valence-corrected chi connectivity index (χ4v) is 3.35. The fourth-order valence-electron chi connectivity index (χ4n) is 3.35. The minimum Gasteiger partial charge on any atom is -0.438 e. The van der Waals surface area contributed by atoms with Crippen LogP contribution in [0.15, 0.2) is 10.8 Å². The van der Waals surface area contributed by atoms with E-state index in [4.69, 9.17) is 13.9 Å². The lowest BCUT2D eigenvalue weighted by atomic mass is 9.84. The molecule has 2 aliphatic heterocycles. The molecule has 6 nitrogen and oxygen atoms in total. The Morgan fingerprint density at radius 3 is 2.95 bits per heavy atom. The first kappa shape index (κ1) is 14.2. The van der Waals surface area contributed by atoms with Crippen LogP contribution in [-0.4, -0.2) is 53.8 Å². The first-order valence-corrected chi connectivity index (χ1v) is 8.10. The molecule has 0 bridgehead atoms. The van der Waals surface area contributed by atoms with Crippen molar-refractivity contribution in [1.29, 1.82) is 0 Å². The van der Waals surface area contributed by atoms with Crippen LogP contribution in [0.5, 0.6) is 0 Å². The summed E-state index contributed by atoms with van der Waals surface area (Å²) in [4.78, 5) is 18.1. The lowest BCUT2D eigenvalue weighted by Crippen LogP contribution is -2.67. The van der Waals surface area contributed by atoms with Crippen molar-refractivity contribution in [1.82, 2.24) is 9.88 Å². The van der Waals surface area contributed by atoms with Crippen molar-refractivity contribution < 1.29 is 18.7 Å². The maximum absolute atomic E-state index is 12.3. The number of hydrogen-bond acceptors (Lipinski definition) is 5.